The molecule has 3 rings (SSSR count). The minimum absolute atomic E-state index is 0.145. The van der Waals surface area contributed by atoms with Crippen LogP contribution in [0.2, 0.25) is 0 Å². The van der Waals surface area contributed by atoms with Crippen molar-refractivity contribution in [3.05, 3.63) is 18.2 Å². The van der Waals surface area contributed by atoms with E-state index >= 15 is 0 Å². The molecule has 0 bridgehead atoms. The second-order valence-corrected chi connectivity index (χ2v) is 4.74. The third kappa shape index (κ3) is 2.78. The summed E-state index contributed by atoms with van der Waals surface area (Å²) in [5, 5.41) is 5.90. The van der Waals surface area contributed by atoms with E-state index in [1.807, 2.05) is 0 Å². The summed E-state index contributed by atoms with van der Waals surface area (Å²) >= 11 is 0. The van der Waals surface area contributed by atoms with Gasteiger partial charge in [-0.1, -0.05) is 0 Å². The molecule has 0 unspecified atom stereocenters. The number of nitrogens with one attached hydrogen (secondary N) is 2. The second-order valence-electron chi connectivity index (χ2n) is 4.74. The fourth-order valence-corrected chi connectivity index (χ4v) is 1.87. The number of benzene rings is 1. The lowest BCUT2D eigenvalue weighted by atomic mass is 10.3. The third-order valence-corrected chi connectivity index (χ3v) is 3.06. The topological polar surface area (TPSA) is 93.2 Å². The van der Waals surface area contributed by atoms with Crippen LogP contribution >= 0.6 is 0 Å². The Bertz CT molecular complexity index is 604. The standard InChI is InChI=1S/C13H16N4O2/c14-9-3-4-11-10(7-9)17-13(19-11)16-6-5-15-12(18)8-1-2-8/h3-4,7-8H,1-2,5-6,14H2,(H,15,18)(H,16,17). The smallest absolute Gasteiger partial charge is 0.295 e. The highest BCUT2D eigenvalue weighted by molar-refractivity contribution is 5.81. The van der Waals surface area contributed by atoms with Gasteiger partial charge in [-0.2, -0.15) is 4.98 Å². The van der Waals surface area contributed by atoms with Crippen LogP contribution in [0.5, 0.6) is 0 Å². The van der Waals surface area contributed by atoms with E-state index in [0.29, 0.717) is 30.4 Å². The Morgan fingerprint density at radius 3 is 3.05 bits per heavy atom. The van der Waals surface area contributed by atoms with Crippen molar-refractivity contribution in [2.24, 2.45) is 5.92 Å². The quantitative estimate of drug-likeness (QED) is 0.557. The first-order valence-electron chi connectivity index (χ1n) is 6.40. The van der Waals surface area contributed by atoms with Crippen molar-refractivity contribution < 1.29 is 9.21 Å². The molecular formula is C13H16N4O2. The van der Waals surface area contributed by atoms with Gasteiger partial charge in [0, 0.05) is 24.7 Å². The minimum atomic E-state index is 0.145. The van der Waals surface area contributed by atoms with Crippen LogP contribution in [-0.4, -0.2) is 24.0 Å². The largest absolute Gasteiger partial charge is 0.424 e. The summed E-state index contributed by atoms with van der Waals surface area (Å²) in [6.45, 7) is 1.15. The number of amides is 1. The SMILES string of the molecule is Nc1ccc2oc(NCCNC(=O)C3CC3)nc2c1. The number of nitrogens with zero attached hydrogens (tertiary/aromatic N) is 1. The number of oxazole rings is 1. The van der Waals surface area contributed by atoms with Gasteiger partial charge in [0.15, 0.2) is 5.58 Å². The van der Waals surface area contributed by atoms with E-state index in [1.165, 1.54) is 0 Å². The molecule has 6 heteroatoms. The van der Waals surface area contributed by atoms with Gasteiger partial charge in [-0.15, -0.1) is 0 Å². The normalized spacial score (nSPS) is 14.5. The summed E-state index contributed by atoms with van der Waals surface area (Å²) in [4.78, 5) is 15.7. The van der Waals surface area contributed by atoms with E-state index in [-0.39, 0.29) is 11.8 Å². The summed E-state index contributed by atoms with van der Waals surface area (Å²) in [6.07, 6.45) is 2.04. The first-order chi connectivity index (χ1) is 9.22. The molecule has 1 aromatic heterocycles. The van der Waals surface area contributed by atoms with Gasteiger partial charge < -0.3 is 20.8 Å². The molecule has 0 saturated heterocycles. The molecule has 100 valence electrons. The maximum Gasteiger partial charge on any atom is 0.295 e. The van der Waals surface area contributed by atoms with Gasteiger partial charge in [0.2, 0.25) is 5.91 Å². The van der Waals surface area contributed by atoms with Crippen molar-refractivity contribution in [3.8, 4) is 0 Å². The van der Waals surface area contributed by atoms with E-state index in [1.54, 1.807) is 18.2 Å². The number of hydrogen-bond acceptors (Lipinski definition) is 5. The molecule has 0 spiro atoms. The Morgan fingerprint density at radius 1 is 1.42 bits per heavy atom. The van der Waals surface area contributed by atoms with Gasteiger partial charge in [-0.05, 0) is 31.0 Å². The predicted molar refractivity (Wildman–Crippen MR) is 72.6 cm³/mol. The van der Waals surface area contributed by atoms with Crippen LogP contribution in [0.4, 0.5) is 11.7 Å². The molecule has 0 aliphatic heterocycles. The molecule has 6 nitrogen and oxygen atoms in total. The Hall–Kier alpha value is -2.24. The van der Waals surface area contributed by atoms with E-state index in [0.717, 1.165) is 18.4 Å². The van der Waals surface area contributed by atoms with Crippen LogP contribution in [0.15, 0.2) is 22.6 Å². The average molecular weight is 260 g/mol. The number of rotatable bonds is 5. The molecule has 1 aromatic carbocycles. The lowest BCUT2D eigenvalue weighted by Crippen LogP contribution is -2.29. The van der Waals surface area contributed by atoms with Crippen LogP contribution in [0.1, 0.15) is 12.8 Å². The summed E-state index contributed by atoms with van der Waals surface area (Å²) in [6, 6.07) is 5.77. The van der Waals surface area contributed by atoms with E-state index < -0.39 is 0 Å². The Kier molecular flexibility index (Phi) is 2.98. The van der Waals surface area contributed by atoms with Crippen LogP contribution < -0.4 is 16.4 Å². The van der Waals surface area contributed by atoms with Crippen LogP contribution in [0.3, 0.4) is 0 Å². The number of nitrogen functional groups attached to an aromatic ring is 1. The number of fused-ring (bicyclic) bond motifs is 1. The average Bonchev–Trinajstić information content (AvgIpc) is 3.16. The van der Waals surface area contributed by atoms with Crippen molar-refractivity contribution in [2.75, 3.05) is 24.1 Å². The summed E-state index contributed by atoms with van der Waals surface area (Å²) < 4.78 is 5.50. The highest BCUT2D eigenvalue weighted by Crippen LogP contribution is 2.28. The van der Waals surface area contributed by atoms with Crippen molar-refractivity contribution in [1.82, 2.24) is 10.3 Å². The Balaban J connectivity index is 1.52. The van der Waals surface area contributed by atoms with Crippen LogP contribution in [-0.2, 0) is 4.79 Å². The maximum atomic E-state index is 11.4. The Labute approximate surface area is 110 Å². The molecule has 2 aromatic rings. The van der Waals surface area contributed by atoms with Gasteiger partial charge >= 0.3 is 0 Å². The van der Waals surface area contributed by atoms with Gasteiger partial charge in [0.05, 0.1) is 0 Å². The monoisotopic (exact) mass is 260 g/mol. The molecule has 1 saturated carbocycles. The summed E-state index contributed by atoms with van der Waals surface area (Å²) in [7, 11) is 0. The van der Waals surface area contributed by atoms with Crippen molar-refractivity contribution in [1.29, 1.82) is 0 Å². The highest BCUT2D eigenvalue weighted by atomic mass is 16.4. The fourth-order valence-electron chi connectivity index (χ4n) is 1.87. The second kappa shape index (κ2) is 4.79. The first-order valence-corrected chi connectivity index (χ1v) is 6.40. The zero-order valence-electron chi connectivity index (χ0n) is 10.5. The molecule has 19 heavy (non-hydrogen) atoms. The summed E-state index contributed by atoms with van der Waals surface area (Å²) in [5.74, 6) is 0.388. The molecule has 1 heterocycles. The lowest BCUT2D eigenvalue weighted by molar-refractivity contribution is -0.122. The van der Waals surface area contributed by atoms with Gasteiger partial charge in [0.25, 0.3) is 6.01 Å². The van der Waals surface area contributed by atoms with Crippen molar-refractivity contribution >= 4 is 28.7 Å². The predicted octanol–water partition coefficient (Wildman–Crippen LogP) is 1.35. The van der Waals surface area contributed by atoms with Gasteiger partial charge in [0.1, 0.15) is 5.52 Å². The Morgan fingerprint density at radius 2 is 2.26 bits per heavy atom. The molecular weight excluding hydrogens is 244 g/mol. The van der Waals surface area contributed by atoms with Crippen molar-refractivity contribution in [3.63, 3.8) is 0 Å². The number of carbonyl (C=O) groups excluding carboxylic acids is 1. The zero-order valence-corrected chi connectivity index (χ0v) is 10.5. The number of nitrogens with two attached hydrogens (primary N) is 1. The van der Waals surface area contributed by atoms with E-state index in [2.05, 4.69) is 15.6 Å². The molecule has 1 amide bonds. The molecule has 4 N–H and O–H groups in total. The van der Waals surface area contributed by atoms with E-state index in [4.69, 9.17) is 10.2 Å². The molecule has 1 fully saturated rings. The third-order valence-electron chi connectivity index (χ3n) is 3.06. The van der Waals surface area contributed by atoms with Gasteiger partial charge in [-0.3, -0.25) is 4.79 Å². The first kappa shape index (κ1) is 11.8. The number of anilines is 2. The fraction of sp³-hybridized carbons (Fsp3) is 0.385. The highest BCUT2D eigenvalue weighted by Gasteiger charge is 2.28. The van der Waals surface area contributed by atoms with Crippen molar-refractivity contribution in [2.45, 2.75) is 12.8 Å². The number of hydrogen-bond donors (Lipinski definition) is 3. The van der Waals surface area contributed by atoms with Gasteiger partial charge in [-0.25, -0.2) is 0 Å². The maximum absolute atomic E-state index is 11.4. The minimum Gasteiger partial charge on any atom is -0.424 e. The van der Waals surface area contributed by atoms with E-state index in [9.17, 15) is 4.79 Å². The molecule has 0 atom stereocenters. The van der Waals surface area contributed by atoms with Crippen LogP contribution in [0, 0.1) is 5.92 Å². The molecule has 0 radical (unpaired) electrons. The number of aromatic nitrogens is 1. The zero-order chi connectivity index (χ0) is 13.2. The summed E-state index contributed by atoms with van der Waals surface area (Å²) in [5.41, 5.74) is 7.75. The molecule has 1 aliphatic carbocycles. The van der Waals surface area contributed by atoms with Crippen LogP contribution in [0.25, 0.3) is 11.1 Å². The molecule has 1 aliphatic rings. The number of carbonyl (C=O) groups is 1. The lowest BCUT2D eigenvalue weighted by Gasteiger charge is -2.03.